The average molecular weight is 288 g/mol. The fourth-order valence-electron chi connectivity index (χ4n) is 2.27. The molecule has 0 fully saturated rings. The number of aromatic nitrogens is 2. The number of nitrogens with two attached hydrogens (primary N) is 1. The first-order chi connectivity index (χ1) is 9.94. The number of rotatable bonds is 5. The molecule has 0 amide bonds. The zero-order valence-electron chi connectivity index (χ0n) is 11.8. The maximum Gasteiger partial charge on any atom is 0.156 e. The van der Waals surface area contributed by atoms with E-state index >= 15 is 0 Å². The van der Waals surface area contributed by atoms with Gasteiger partial charge in [-0.15, -0.1) is 0 Å². The first-order valence-corrected chi connectivity index (χ1v) is 6.60. The third-order valence-electron chi connectivity index (χ3n) is 3.44. The van der Waals surface area contributed by atoms with Crippen LogP contribution in [0.3, 0.4) is 0 Å². The Morgan fingerprint density at radius 3 is 2.86 bits per heavy atom. The first-order valence-electron chi connectivity index (χ1n) is 6.60. The highest BCUT2D eigenvalue weighted by atomic mass is 19.1. The van der Waals surface area contributed by atoms with Gasteiger partial charge in [0.05, 0.1) is 23.8 Å². The van der Waals surface area contributed by atoms with Gasteiger partial charge in [0.2, 0.25) is 0 Å². The van der Waals surface area contributed by atoms with Crippen molar-refractivity contribution < 1.29 is 9.50 Å². The fraction of sp³-hybridized carbons (Fsp3) is 0.333. The predicted octanol–water partition coefficient (Wildman–Crippen LogP) is 1.56. The van der Waals surface area contributed by atoms with Crippen LogP contribution in [0.15, 0.2) is 30.7 Å². The molecule has 1 heterocycles. The second kappa shape index (κ2) is 6.04. The van der Waals surface area contributed by atoms with Gasteiger partial charge in [-0.25, -0.2) is 9.37 Å². The number of hydrogen-bond acceptors (Lipinski definition) is 4. The zero-order chi connectivity index (χ0) is 15.5. The molecule has 0 saturated carbocycles. The average Bonchev–Trinajstić information content (AvgIpc) is 2.86. The molecule has 1 atom stereocenters. The lowest BCUT2D eigenvalue weighted by Gasteiger charge is -2.23. The van der Waals surface area contributed by atoms with Crippen molar-refractivity contribution in [1.82, 2.24) is 9.55 Å². The summed E-state index contributed by atoms with van der Waals surface area (Å²) in [5.41, 5.74) is 5.78. The zero-order valence-corrected chi connectivity index (χ0v) is 11.8. The molecule has 0 aliphatic rings. The van der Waals surface area contributed by atoms with Crippen molar-refractivity contribution in [2.75, 3.05) is 0 Å². The SMILES string of the molecule is Cn1cncc1C(N)(O)CCCc1ccc(C#N)c(F)c1. The summed E-state index contributed by atoms with van der Waals surface area (Å²) in [5.74, 6) is -0.523. The van der Waals surface area contributed by atoms with Gasteiger partial charge in [-0.1, -0.05) is 6.07 Å². The molecule has 2 rings (SSSR count). The van der Waals surface area contributed by atoms with Crippen LogP contribution < -0.4 is 5.73 Å². The van der Waals surface area contributed by atoms with Crippen LogP contribution in [0.5, 0.6) is 0 Å². The van der Waals surface area contributed by atoms with E-state index in [1.165, 1.54) is 18.3 Å². The highest BCUT2D eigenvalue weighted by Crippen LogP contribution is 2.21. The van der Waals surface area contributed by atoms with E-state index in [0.29, 0.717) is 25.0 Å². The Hall–Kier alpha value is -2.23. The predicted molar refractivity (Wildman–Crippen MR) is 75.3 cm³/mol. The number of aryl methyl sites for hydroxylation is 2. The van der Waals surface area contributed by atoms with Crippen LogP contribution in [0.25, 0.3) is 0 Å². The largest absolute Gasteiger partial charge is 0.370 e. The van der Waals surface area contributed by atoms with E-state index in [1.807, 2.05) is 0 Å². The molecule has 0 bridgehead atoms. The molecule has 0 saturated heterocycles. The monoisotopic (exact) mass is 288 g/mol. The number of imidazole rings is 1. The number of hydrogen-bond donors (Lipinski definition) is 2. The number of nitrogens with zero attached hydrogens (tertiary/aromatic N) is 3. The molecular formula is C15H17FN4O. The number of aliphatic hydroxyl groups is 1. The van der Waals surface area contributed by atoms with E-state index < -0.39 is 11.5 Å². The molecule has 1 unspecified atom stereocenters. The highest BCUT2D eigenvalue weighted by Gasteiger charge is 2.26. The molecule has 6 heteroatoms. The standard InChI is InChI=1S/C15H17FN4O/c1-20-10-19-9-14(20)15(18,21)6-2-3-11-4-5-12(8-17)13(16)7-11/h4-5,7,9-10,21H,2-3,6,18H2,1H3. The number of nitriles is 1. The lowest BCUT2D eigenvalue weighted by atomic mass is 10.00. The summed E-state index contributed by atoms with van der Waals surface area (Å²) in [5, 5.41) is 18.9. The van der Waals surface area contributed by atoms with Crippen LogP contribution in [-0.2, 0) is 19.2 Å². The van der Waals surface area contributed by atoms with Crippen molar-refractivity contribution in [1.29, 1.82) is 5.26 Å². The lowest BCUT2D eigenvalue weighted by molar-refractivity contribution is 0.0251. The smallest absolute Gasteiger partial charge is 0.156 e. The number of benzene rings is 1. The van der Waals surface area contributed by atoms with Crippen LogP contribution in [0.4, 0.5) is 4.39 Å². The van der Waals surface area contributed by atoms with Gasteiger partial charge in [0, 0.05) is 7.05 Å². The molecule has 110 valence electrons. The molecule has 1 aromatic heterocycles. The van der Waals surface area contributed by atoms with Gasteiger partial charge in [0.25, 0.3) is 0 Å². The number of halogens is 1. The topological polar surface area (TPSA) is 87.9 Å². The van der Waals surface area contributed by atoms with Crippen LogP contribution >= 0.6 is 0 Å². The second-order valence-electron chi connectivity index (χ2n) is 5.09. The van der Waals surface area contributed by atoms with E-state index in [1.54, 1.807) is 30.1 Å². The maximum absolute atomic E-state index is 13.5. The summed E-state index contributed by atoms with van der Waals surface area (Å²) in [4.78, 5) is 3.93. The van der Waals surface area contributed by atoms with Gasteiger partial charge in [-0.05, 0) is 37.0 Å². The Kier molecular flexibility index (Phi) is 4.36. The Bertz CT molecular complexity index is 673. The van der Waals surface area contributed by atoms with Crippen molar-refractivity contribution in [3.8, 4) is 6.07 Å². The minimum absolute atomic E-state index is 0.0314. The van der Waals surface area contributed by atoms with Crippen molar-refractivity contribution in [2.24, 2.45) is 12.8 Å². The molecule has 0 spiro atoms. The van der Waals surface area contributed by atoms with Gasteiger partial charge in [0.15, 0.2) is 5.72 Å². The highest BCUT2D eigenvalue weighted by molar-refractivity contribution is 5.33. The van der Waals surface area contributed by atoms with Crippen molar-refractivity contribution >= 4 is 0 Å². The summed E-state index contributed by atoms with van der Waals surface area (Å²) in [6, 6.07) is 6.30. The van der Waals surface area contributed by atoms with Crippen molar-refractivity contribution in [3.05, 3.63) is 53.4 Å². The van der Waals surface area contributed by atoms with Gasteiger partial charge in [-0.2, -0.15) is 5.26 Å². The summed E-state index contributed by atoms with van der Waals surface area (Å²) in [6.45, 7) is 0. The quantitative estimate of drug-likeness (QED) is 0.817. The summed E-state index contributed by atoms with van der Waals surface area (Å²) >= 11 is 0. The summed E-state index contributed by atoms with van der Waals surface area (Å²) in [6.07, 6.45) is 4.59. The first kappa shape index (κ1) is 15.2. The summed E-state index contributed by atoms with van der Waals surface area (Å²) < 4.78 is 15.1. The second-order valence-corrected chi connectivity index (χ2v) is 5.09. The van der Waals surface area contributed by atoms with E-state index in [0.717, 1.165) is 5.56 Å². The van der Waals surface area contributed by atoms with Crippen molar-refractivity contribution in [3.63, 3.8) is 0 Å². The lowest BCUT2D eigenvalue weighted by Crippen LogP contribution is -2.38. The molecule has 5 nitrogen and oxygen atoms in total. The minimum Gasteiger partial charge on any atom is -0.370 e. The van der Waals surface area contributed by atoms with E-state index in [2.05, 4.69) is 4.98 Å². The van der Waals surface area contributed by atoms with E-state index in [4.69, 9.17) is 11.0 Å². The third-order valence-corrected chi connectivity index (χ3v) is 3.44. The Morgan fingerprint density at radius 2 is 2.29 bits per heavy atom. The molecule has 3 N–H and O–H groups in total. The van der Waals surface area contributed by atoms with Crippen LogP contribution in [-0.4, -0.2) is 14.7 Å². The van der Waals surface area contributed by atoms with E-state index in [-0.39, 0.29) is 5.56 Å². The van der Waals surface area contributed by atoms with Gasteiger partial charge >= 0.3 is 0 Å². The Balaban J connectivity index is 1.97. The molecule has 0 aliphatic heterocycles. The maximum atomic E-state index is 13.5. The fourth-order valence-corrected chi connectivity index (χ4v) is 2.27. The van der Waals surface area contributed by atoms with E-state index in [9.17, 15) is 9.50 Å². The van der Waals surface area contributed by atoms with Gasteiger partial charge in [-0.3, -0.25) is 5.73 Å². The molecule has 21 heavy (non-hydrogen) atoms. The molecule has 0 radical (unpaired) electrons. The Morgan fingerprint density at radius 1 is 1.52 bits per heavy atom. The van der Waals surface area contributed by atoms with Gasteiger partial charge < -0.3 is 9.67 Å². The third kappa shape index (κ3) is 3.45. The Labute approximate surface area is 122 Å². The molecule has 0 aliphatic carbocycles. The van der Waals surface area contributed by atoms with Crippen LogP contribution in [0.2, 0.25) is 0 Å². The van der Waals surface area contributed by atoms with Gasteiger partial charge in [0.1, 0.15) is 11.9 Å². The van der Waals surface area contributed by atoms with Crippen LogP contribution in [0.1, 0.15) is 29.7 Å². The summed E-state index contributed by atoms with van der Waals surface area (Å²) in [7, 11) is 1.76. The molecule has 2 aromatic rings. The van der Waals surface area contributed by atoms with Crippen molar-refractivity contribution in [2.45, 2.75) is 25.0 Å². The normalized spacial score (nSPS) is 13.7. The van der Waals surface area contributed by atoms with Crippen LogP contribution in [0, 0.1) is 17.1 Å². The molecule has 1 aromatic carbocycles. The molecular weight excluding hydrogens is 271 g/mol. The minimum atomic E-state index is -1.46.